The van der Waals surface area contributed by atoms with Crippen LogP contribution < -0.4 is 21.3 Å². The highest BCUT2D eigenvalue weighted by Crippen LogP contribution is 2.25. The van der Waals surface area contributed by atoms with Gasteiger partial charge >= 0.3 is 0 Å². The summed E-state index contributed by atoms with van der Waals surface area (Å²) in [7, 11) is 9.92. The standard InChI is InChI=1S/C59H105N11O12.C3H8.C2H6/c1-25-38(14)50(82-37(12)13)49-54(76)62-40(16)55(77)64(18)30-46(71)66(20)42(26-32(2)3)53(75)63-48(36(10)11)59(81)67(21)43(27-33(4)5)52(74)60-39(15)51(73)61-41(17)56(78)68(22)45(29-35(8)9)58(80)69(23)44(28-34(6)7)57(79)65(19)31-47(72)70(49)24;1-3-2;1-2/h32-36,38-45,48-50H,12,25-31H2,1-11,13-24H3,(H,60,74)(H,61,73)(H,62,76)(H,63,75);3H2,1-2H3;1-2H3/t38-,39+,40+,41-,42+,43+,44+,45+,48?,49?,50-;;/m1../s1. The van der Waals surface area contributed by atoms with Gasteiger partial charge in [-0.1, -0.05) is 124 Å². The van der Waals surface area contributed by atoms with Crippen molar-refractivity contribution in [2.45, 2.75) is 237 Å². The van der Waals surface area contributed by atoms with Gasteiger partial charge in [-0.05, 0) is 95.3 Å². The molecule has 1 heterocycles. The number of likely N-dealkylation sites (N-methyl/N-ethyl adjacent to an activating group) is 7. The predicted molar refractivity (Wildman–Crippen MR) is 342 cm³/mol. The first-order chi connectivity index (χ1) is 40.1. The molecule has 0 saturated carbocycles. The molecule has 502 valence electrons. The van der Waals surface area contributed by atoms with E-state index in [1.807, 2.05) is 83.1 Å². The van der Waals surface area contributed by atoms with Crippen LogP contribution in [0.2, 0.25) is 0 Å². The Morgan fingerprint density at radius 2 is 0.805 bits per heavy atom. The molecule has 11 atom stereocenters. The highest BCUT2D eigenvalue weighted by atomic mass is 16.5. The van der Waals surface area contributed by atoms with Gasteiger partial charge in [0, 0.05) is 49.3 Å². The number of carbonyl (C=O) groups is 11. The number of carbonyl (C=O) groups excluding carboxylic acids is 11. The highest BCUT2D eigenvalue weighted by Gasteiger charge is 2.43. The quantitative estimate of drug-likeness (QED) is 0.162. The molecular formula is C64H119N11O12. The minimum atomic E-state index is -1.39. The summed E-state index contributed by atoms with van der Waals surface area (Å²) in [6, 6.07) is -10.7. The van der Waals surface area contributed by atoms with Gasteiger partial charge in [-0.3, -0.25) is 52.7 Å². The van der Waals surface area contributed by atoms with Crippen LogP contribution >= 0.6 is 0 Å². The molecular weight excluding hydrogens is 1110 g/mol. The summed E-state index contributed by atoms with van der Waals surface area (Å²) in [6.45, 7) is 39.1. The molecule has 11 amide bonds. The van der Waals surface area contributed by atoms with E-state index in [-0.39, 0.29) is 61.0 Å². The van der Waals surface area contributed by atoms with Crippen molar-refractivity contribution in [3.63, 3.8) is 0 Å². The second-order valence-electron chi connectivity index (χ2n) is 25.6. The van der Waals surface area contributed by atoms with Gasteiger partial charge in [-0.15, -0.1) is 0 Å². The summed E-state index contributed by atoms with van der Waals surface area (Å²) in [4.78, 5) is 166. The van der Waals surface area contributed by atoms with Crippen molar-refractivity contribution in [2.75, 3.05) is 62.4 Å². The summed E-state index contributed by atoms with van der Waals surface area (Å²) in [5, 5.41) is 10.9. The van der Waals surface area contributed by atoms with Crippen LogP contribution in [0.1, 0.15) is 177 Å². The number of nitrogens with zero attached hydrogens (tertiary/aromatic N) is 7. The molecule has 1 rings (SSSR count). The molecule has 23 nitrogen and oxygen atoms in total. The van der Waals surface area contributed by atoms with Crippen LogP contribution in [0, 0.1) is 35.5 Å². The fourth-order valence-electron chi connectivity index (χ4n) is 9.84. The Balaban J connectivity index is 0. The molecule has 23 heteroatoms. The van der Waals surface area contributed by atoms with E-state index in [9.17, 15) is 52.7 Å². The Kier molecular flexibility index (Phi) is 37.6. The lowest BCUT2D eigenvalue weighted by molar-refractivity contribution is -0.153. The van der Waals surface area contributed by atoms with Gasteiger partial charge < -0.3 is 60.3 Å². The molecule has 1 aliphatic heterocycles. The number of nitrogens with one attached hydrogen (secondary N) is 4. The van der Waals surface area contributed by atoms with Crippen LogP contribution in [-0.4, -0.2) is 222 Å². The number of hydrogen-bond acceptors (Lipinski definition) is 12. The Labute approximate surface area is 523 Å². The van der Waals surface area contributed by atoms with Gasteiger partial charge in [0.1, 0.15) is 60.5 Å². The normalized spacial score (nSPS) is 25.0. The molecule has 87 heavy (non-hydrogen) atoms. The number of rotatable bonds is 14. The van der Waals surface area contributed by atoms with Gasteiger partial charge in [0.2, 0.25) is 65.0 Å². The van der Waals surface area contributed by atoms with Crippen molar-refractivity contribution in [2.24, 2.45) is 35.5 Å². The van der Waals surface area contributed by atoms with E-state index in [1.54, 1.807) is 20.8 Å². The zero-order valence-electron chi connectivity index (χ0n) is 58.6. The van der Waals surface area contributed by atoms with E-state index in [2.05, 4.69) is 41.7 Å². The van der Waals surface area contributed by atoms with Crippen LogP contribution in [0.4, 0.5) is 0 Å². The largest absolute Gasteiger partial charge is 0.493 e. The van der Waals surface area contributed by atoms with Crippen molar-refractivity contribution in [1.29, 1.82) is 0 Å². The summed E-state index contributed by atoms with van der Waals surface area (Å²) in [6.07, 6.45) is 1.42. The molecule has 2 unspecified atom stereocenters. The van der Waals surface area contributed by atoms with Crippen LogP contribution in [0.15, 0.2) is 12.3 Å². The number of allylic oxidation sites excluding steroid dienone is 1. The first-order valence-electron chi connectivity index (χ1n) is 31.5. The Morgan fingerprint density at radius 1 is 0.460 bits per heavy atom. The summed E-state index contributed by atoms with van der Waals surface area (Å²) < 4.78 is 6.17. The van der Waals surface area contributed by atoms with E-state index in [0.29, 0.717) is 6.42 Å². The third-order valence-corrected chi connectivity index (χ3v) is 15.1. The van der Waals surface area contributed by atoms with Crippen molar-refractivity contribution in [1.82, 2.24) is 55.6 Å². The minimum Gasteiger partial charge on any atom is -0.493 e. The third kappa shape index (κ3) is 26.1. The number of hydrogen-bond donors (Lipinski definition) is 4. The molecule has 0 aromatic rings. The summed E-state index contributed by atoms with van der Waals surface area (Å²) in [5.74, 6) is -8.35. The molecule has 1 aliphatic rings. The smallest absolute Gasteiger partial charge is 0.247 e. The van der Waals surface area contributed by atoms with Gasteiger partial charge in [0.15, 0.2) is 0 Å². The van der Waals surface area contributed by atoms with E-state index < -0.39 is 144 Å². The summed E-state index contributed by atoms with van der Waals surface area (Å²) >= 11 is 0. The van der Waals surface area contributed by atoms with E-state index in [1.165, 1.54) is 101 Å². The lowest BCUT2D eigenvalue weighted by Gasteiger charge is -2.39. The Bertz CT molecular complexity index is 2280. The molecule has 0 aliphatic carbocycles. The molecule has 0 spiro atoms. The molecule has 1 saturated heterocycles. The molecule has 1 fully saturated rings. The average Bonchev–Trinajstić information content (AvgIpc) is 3.07. The van der Waals surface area contributed by atoms with Crippen molar-refractivity contribution >= 4 is 65.0 Å². The molecule has 0 aromatic heterocycles. The van der Waals surface area contributed by atoms with Crippen LogP contribution in [0.5, 0.6) is 0 Å². The fraction of sp³-hybridized carbons (Fsp3) is 0.797. The Hall–Kier alpha value is -6.29. The van der Waals surface area contributed by atoms with Crippen molar-refractivity contribution in [3.8, 4) is 0 Å². The molecule has 0 aromatic carbocycles. The van der Waals surface area contributed by atoms with Crippen molar-refractivity contribution in [3.05, 3.63) is 12.3 Å². The van der Waals surface area contributed by atoms with E-state index in [0.717, 1.165) is 9.80 Å². The lowest BCUT2D eigenvalue weighted by Crippen LogP contribution is -2.61. The van der Waals surface area contributed by atoms with Crippen LogP contribution in [-0.2, 0) is 57.5 Å². The predicted octanol–water partition coefficient (Wildman–Crippen LogP) is 5.30. The zero-order chi connectivity index (χ0) is 68.4. The highest BCUT2D eigenvalue weighted by molar-refractivity contribution is 5.99. The topological polar surface area (TPSA) is 268 Å². The maximum atomic E-state index is 14.8. The van der Waals surface area contributed by atoms with E-state index >= 15 is 0 Å². The zero-order valence-corrected chi connectivity index (χ0v) is 58.6. The second kappa shape index (κ2) is 39.6. The first-order valence-corrected chi connectivity index (χ1v) is 31.5. The number of ether oxygens (including phenoxy) is 1. The SMILES string of the molecule is C=C(C)O[C@@H](C1C(=O)N[C@@H](C)C(=O)N(C)CC(=O)N(C)[C@@H](CC(C)C)C(=O)NC(C(C)C)C(=O)N(C)[C@@H](CC(C)C)C(=O)N[C@@H](C)C(=O)N[C@H](C)C(=O)N(C)[C@@H](CC(C)C)C(=O)N(C)[C@@H](CC(C)C)C(=O)N(C)CC(=O)N1C)[C@H](C)CC.CC.CCC. The maximum absolute atomic E-state index is 14.8. The van der Waals surface area contributed by atoms with Crippen molar-refractivity contribution < 1.29 is 57.5 Å². The molecule has 0 radical (unpaired) electrons. The van der Waals surface area contributed by atoms with Gasteiger partial charge in [-0.2, -0.15) is 0 Å². The summed E-state index contributed by atoms with van der Waals surface area (Å²) in [5.41, 5.74) is 0. The average molecular weight is 1230 g/mol. The minimum absolute atomic E-state index is 0.123. The second-order valence-corrected chi connectivity index (χ2v) is 25.6. The lowest BCUT2D eigenvalue weighted by atomic mass is 9.93. The maximum Gasteiger partial charge on any atom is 0.247 e. The molecule has 0 bridgehead atoms. The molecule has 4 N–H and O–H groups in total. The van der Waals surface area contributed by atoms with Gasteiger partial charge in [-0.25, -0.2) is 0 Å². The van der Waals surface area contributed by atoms with Crippen LogP contribution in [0.25, 0.3) is 0 Å². The monoisotopic (exact) mass is 1230 g/mol. The van der Waals surface area contributed by atoms with E-state index in [4.69, 9.17) is 4.74 Å². The Morgan fingerprint density at radius 3 is 1.23 bits per heavy atom. The number of amides is 11. The fourth-order valence-corrected chi connectivity index (χ4v) is 9.84. The van der Waals surface area contributed by atoms with Crippen LogP contribution in [0.3, 0.4) is 0 Å². The van der Waals surface area contributed by atoms with Gasteiger partial charge in [0.25, 0.3) is 0 Å². The third-order valence-electron chi connectivity index (χ3n) is 15.1. The van der Waals surface area contributed by atoms with Gasteiger partial charge in [0.05, 0.1) is 18.8 Å². The first kappa shape index (κ1) is 82.8.